The molecule has 2 rings (SSSR count). The summed E-state index contributed by atoms with van der Waals surface area (Å²) in [4.78, 5) is 10.4. The standard InChI is InChI=1S/C17H26N2O2/c1-2-18-16(12-14-6-4-3-5-7-14)13-15-8-10-17(11-9-15)19(20)21/h8-11,14,16,18H,2-7,12-13H2,1H3. The second-order valence-electron chi connectivity index (χ2n) is 6.12. The van der Waals surface area contributed by atoms with Crippen LogP contribution < -0.4 is 5.32 Å². The van der Waals surface area contributed by atoms with Crippen LogP contribution in [0, 0.1) is 16.0 Å². The van der Waals surface area contributed by atoms with E-state index in [1.807, 2.05) is 12.1 Å². The highest BCUT2D eigenvalue weighted by atomic mass is 16.6. The molecule has 0 aromatic heterocycles. The zero-order chi connectivity index (χ0) is 15.1. The van der Waals surface area contributed by atoms with Gasteiger partial charge in [-0.1, -0.05) is 51.2 Å². The van der Waals surface area contributed by atoms with Crippen LogP contribution in [0.15, 0.2) is 24.3 Å². The first-order chi connectivity index (χ1) is 10.2. The smallest absolute Gasteiger partial charge is 0.269 e. The van der Waals surface area contributed by atoms with E-state index in [-0.39, 0.29) is 10.6 Å². The van der Waals surface area contributed by atoms with E-state index >= 15 is 0 Å². The average molecular weight is 290 g/mol. The van der Waals surface area contributed by atoms with Crippen molar-refractivity contribution in [2.24, 2.45) is 5.92 Å². The molecule has 1 saturated carbocycles. The number of nitro groups is 1. The van der Waals surface area contributed by atoms with Gasteiger partial charge in [0.15, 0.2) is 0 Å². The van der Waals surface area contributed by atoms with Crippen molar-refractivity contribution in [3.8, 4) is 0 Å². The molecule has 1 aliphatic carbocycles. The Bertz CT molecular complexity index is 439. The van der Waals surface area contributed by atoms with Gasteiger partial charge in [0.1, 0.15) is 0 Å². The molecule has 1 unspecified atom stereocenters. The largest absolute Gasteiger partial charge is 0.314 e. The van der Waals surface area contributed by atoms with Gasteiger partial charge < -0.3 is 5.32 Å². The molecule has 1 fully saturated rings. The number of non-ortho nitro benzene ring substituents is 1. The molecule has 0 radical (unpaired) electrons. The Hall–Kier alpha value is -1.42. The molecular weight excluding hydrogens is 264 g/mol. The highest BCUT2D eigenvalue weighted by Gasteiger charge is 2.19. The Morgan fingerprint density at radius 2 is 1.90 bits per heavy atom. The first-order valence-corrected chi connectivity index (χ1v) is 8.15. The second-order valence-corrected chi connectivity index (χ2v) is 6.12. The molecule has 1 aliphatic rings. The normalized spacial score (nSPS) is 17.6. The van der Waals surface area contributed by atoms with Crippen LogP contribution in [0.25, 0.3) is 0 Å². The third kappa shape index (κ3) is 5.12. The molecule has 0 heterocycles. The van der Waals surface area contributed by atoms with E-state index in [0.717, 1.165) is 18.9 Å². The first kappa shape index (κ1) is 16.0. The first-order valence-electron chi connectivity index (χ1n) is 8.15. The van der Waals surface area contributed by atoms with Crippen LogP contribution >= 0.6 is 0 Å². The molecule has 1 aromatic carbocycles. The van der Waals surface area contributed by atoms with E-state index in [9.17, 15) is 10.1 Å². The van der Waals surface area contributed by atoms with Gasteiger partial charge in [-0.3, -0.25) is 10.1 Å². The van der Waals surface area contributed by atoms with Gasteiger partial charge >= 0.3 is 0 Å². The Morgan fingerprint density at radius 1 is 1.24 bits per heavy atom. The maximum absolute atomic E-state index is 10.7. The fraction of sp³-hybridized carbons (Fsp3) is 0.647. The number of hydrogen-bond donors (Lipinski definition) is 1. The van der Waals surface area contributed by atoms with Gasteiger partial charge in [-0.15, -0.1) is 0 Å². The molecule has 0 bridgehead atoms. The average Bonchev–Trinajstić information content (AvgIpc) is 2.49. The van der Waals surface area contributed by atoms with Crippen LogP contribution in [0.2, 0.25) is 0 Å². The molecule has 4 heteroatoms. The number of hydrogen-bond acceptors (Lipinski definition) is 3. The fourth-order valence-electron chi connectivity index (χ4n) is 3.39. The van der Waals surface area contributed by atoms with E-state index in [0.29, 0.717) is 6.04 Å². The molecule has 4 nitrogen and oxygen atoms in total. The van der Waals surface area contributed by atoms with Gasteiger partial charge in [0.25, 0.3) is 5.69 Å². The fourth-order valence-corrected chi connectivity index (χ4v) is 3.39. The van der Waals surface area contributed by atoms with Gasteiger partial charge in [0.05, 0.1) is 4.92 Å². The van der Waals surface area contributed by atoms with Crippen molar-refractivity contribution in [3.63, 3.8) is 0 Å². The van der Waals surface area contributed by atoms with Crippen molar-refractivity contribution in [1.29, 1.82) is 0 Å². The van der Waals surface area contributed by atoms with Crippen molar-refractivity contribution in [2.45, 2.75) is 57.9 Å². The van der Waals surface area contributed by atoms with Crippen molar-refractivity contribution in [1.82, 2.24) is 5.32 Å². The van der Waals surface area contributed by atoms with Crippen molar-refractivity contribution < 1.29 is 4.92 Å². The number of benzene rings is 1. The molecule has 0 saturated heterocycles. The third-order valence-electron chi connectivity index (χ3n) is 4.46. The van der Waals surface area contributed by atoms with Crippen LogP contribution in [-0.4, -0.2) is 17.5 Å². The molecule has 0 spiro atoms. The van der Waals surface area contributed by atoms with E-state index in [2.05, 4.69) is 12.2 Å². The summed E-state index contributed by atoms with van der Waals surface area (Å²) in [6.07, 6.45) is 9.06. The van der Waals surface area contributed by atoms with Crippen LogP contribution in [0.4, 0.5) is 5.69 Å². The Balaban J connectivity index is 1.92. The zero-order valence-electron chi connectivity index (χ0n) is 12.9. The Kier molecular flexibility index (Phi) is 6.18. The number of nitrogens with one attached hydrogen (secondary N) is 1. The maximum Gasteiger partial charge on any atom is 0.269 e. The lowest BCUT2D eigenvalue weighted by Crippen LogP contribution is -2.33. The lowest BCUT2D eigenvalue weighted by molar-refractivity contribution is -0.384. The van der Waals surface area contributed by atoms with Crippen molar-refractivity contribution in [3.05, 3.63) is 39.9 Å². The molecule has 116 valence electrons. The lowest BCUT2D eigenvalue weighted by atomic mass is 9.83. The number of nitrogens with zero attached hydrogens (tertiary/aromatic N) is 1. The summed E-state index contributed by atoms with van der Waals surface area (Å²) in [6, 6.07) is 7.49. The number of likely N-dealkylation sites (N-methyl/N-ethyl adjacent to an activating group) is 1. The van der Waals surface area contributed by atoms with Crippen LogP contribution in [0.5, 0.6) is 0 Å². The van der Waals surface area contributed by atoms with Crippen LogP contribution in [-0.2, 0) is 6.42 Å². The molecule has 1 aromatic rings. The summed E-state index contributed by atoms with van der Waals surface area (Å²) in [5.41, 5.74) is 1.35. The highest BCUT2D eigenvalue weighted by Crippen LogP contribution is 2.28. The summed E-state index contributed by atoms with van der Waals surface area (Å²) in [6.45, 7) is 3.12. The predicted octanol–water partition coefficient (Wildman–Crippen LogP) is 4.09. The monoisotopic (exact) mass is 290 g/mol. The molecular formula is C17H26N2O2. The Labute approximate surface area is 127 Å². The van der Waals surface area contributed by atoms with Crippen molar-refractivity contribution in [2.75, 3.05) is 6.54 Å². The maximum atomic E-state index is 10.7. The minimum atomic E-state index is -0.340. The molecule has 1 N–H and O–H groups in total. The lowest BCUT2D eigenvalue weighted by Gasteiger charge is -2.27. The molecule has 0 amide bonds. The predicted molar refractivity (Wildman–Crippen MR) is 85.5 cm³/mol. The SMILES string of the molecule is CCNC(Cc1ccc([N+](=O)[O-])cc1)CC1CCCCC1. The minimum Gasteiger partial charge on any atom is -0.314 e. The zero-order valence-corrected chi connectivity index (χ0v) is 12.9. The van der Waals surface area contributed by atoms with Gasteiger partial charge in [-0.05, 0) is 30.9 Å². The van der Waals surface area contributed by atoms with E-state index in [1.54, 1.807) is 12.1 Å². The topological polar surface area (TPSA) is 55.2 Å². The molecule has 1 atom stereocenters. The summed E-state index contributed by atoms with van der Waals surface area (Å²) in [5, 5.41) is 14.3. The van der Waals surface area contributed by atoms with Gasteiger partial charge in [-0.25, -0.2) is 0 Å². The summed E-state index contributed by atoms with van der Waals surface area (Å²) in [5.74, 6) is 0.848. The minimum absolute atomic E-state index is 0.172. The quantitative estimate of drug-likeness (QED) is 0.608. The highest BCUT2D eigenvalue weighted by molar-refractivity contribution is 5.33. The van der Waals surface area contributed by atoms with E-state index in [1.165, 1.54) is 44.1 Å². The van der Waals surface area contributed by atoms with Gasteiger partial charge in [0.2, 0.25) is 0 Å². The van der Waals surface area contributed by atoms with E-state index < -0.39 is 0 Å². The van der Waals surface area contributed by atoms with Crippen molar-refractivity contribution >= 4 is 5.69 Å². The Morgan fingerprint density at radius 3 is 2.48 bits per heavy atom. The van der Waals surface area contributed by atoms with Crippen LogP contribution in [0.3, 0.4) is 0 Å². The summed E-state index contributed by atoms with van der Waals surface area (Å²) in [7, 11) is 0. The summed E-state index contributed by atoms with van der Waals surface area (Å²) < 4.78 is 0. The van der Waals surface area contributed by atoms with E-state index in [4.69, 9.17) is 0 Å². The number of nitro benzene ring substituents is 1. The third-order valence-corrected chi connectivity index (χ3v) is 4.46. The number of rotatable bonds is 7. The second kappa shape index (κ2) is 8.13. The summed E-state index contributed by atoms with van der Waals surface area (Å²) >= 11 is 0. The van der Waals surface area contributed by atoms with Gasteiger partial charge in [0, 0.05) is 18.2 Å². The molecule has 0 aliphatic heterocycles. The molecule has 21 heavy (non-hydrogen) atoms. The van der Waals surface area contributed by atoms with Crippen LogP contribution in [0.1, 0.15) is 51.0 Å². The van der Waals surface area contributed by atoms with Gasteiger partial charge in [-0.2, -0.15) is 0 Å².